The van der Waals surface area contributed by atoms with E-state index in [9.17, 15) is 14.4 Å². The molecule has 0 spiro atoms. The average Bonchev–Trinajstić information content (AvgIpc) is 2.93. The Morgan fingerprint density at radius 3 is 2.39 bits per heavy atom. The number of rotatable bonds is 7. The Morgan fingerprint density at radius 2 is 1.84 bits per heavy atom. The predicted octanol–water partition coefficient (Wildman–Crippen LogP) is 3.98. The number of nitrogens with one attached hydrogen (secondary N) is 1. The normalized spacial score (nSPS) is 12.2. The monoisotopic (exact) mass is 486 g/mol. The molecule has 2 aromatic rings. The lowest BCUT2D eigenvalue weighted by atomic mass is 10.1. The fraction of sp³-hybridized carbons (Fsp3) is 0.300. The van der Waals surface area contributed by atoms with Gasteiger partial charge in [0.05, 0.1) is 12.2 Å². The molecule has 1 unspecified atom stereocenters. The van der Waals surface area contributed by atoms with Crippen LogP contribution in [-0.4, -0.2) is 33.8 Å². The van der Waals surface area contributed by atoms with E-state index in [1.54, 1.807) is 39.0 Å². The summed E-state index contributed by atoms with van der Waals surface area (Å²) in [6.45, 7) is 5.28. The van der Waals surface area contributed by atoms with Crippen molar-refractivity contribution in [2.45, 2.75) is 33.4 Å². The third kappa shape index (κ3) is 6.46. The first-order valence-electron chi connectivity index (χ1n) is 9.16. The summed E-state index contributed by atoms with van der Waals surface area (Å²) < 4.78 is 6.67. The number of imide groups is 1. The first kappa shape index (κ1) is 24.7. The zero-order valence-corrected chi connectivity index (χ0v) is 19.3. The molecule has 1 aromatic heterocycles. The van der Waals surface area contributed by atoms with Gasteiger partial charge in [0.1, 0.15) is 5.15 Å². The van der Waals surface area contributed by atoms with Gasteiger partial charge in [-0.15, -0.1) is 0 Å². The molecule has 0 fully saturated rings. The summed E-state index contributed by atoms with van der Waals surface area (Å²) in [5.41, 5.74) is 6.65. The molecular formula is C20H21Cl3N4O4. The van der Waals surface area contributed by atoms with Gasteiger partial charge in [-0.1, -0.05) is 54.7 Å². The Hall–Kier alpha value is -2.55. The van der Waals surface area contributed by atoms with Crippen molar-refractivity contribution in [3.05, 3.63) is 56.3 Å². The van der Waals surface area contributed by atoms with Crippen LogP contribution in [0.3, 0.4) is 0 Å². The second-order valence-electron chi connectivity index (χ2n) is 6.94. The molecule has 0 aliphatic carbocycles. The van der Waals surface area contributed by atoms with Gasteiger partial charge in [0.25, 0.3) is 5.91 Å². The number of nitrogens with zero attached hydrogens (tertiary/aromatic N) is 2. The second-order valence-corrected chi connectivity index (χ2v) is 8.11. The SMILES string of the molecule is Cc1nn(Cc2c(Cl)cccc2Cl)c(Cl)c1/C=C/C(=O)OC(C(=O)NC(N)=O)C(C)C. The fourth-order valence-corrected chi connectivity index (χ4v) is 3.51. The average molecular weight is 488 g/mol. The highest BCUT2D eigenvalue weighted by Gasteiger charge is 2.26. The van der Waals surface area contributed by atoms with Crippen molar-refractivity contribution in [2.24, 2.45) is 11.7 Å². The van der Waals surface area contributed by atoms with Crippen LogP contribution in [0.4, 0.5) is 4.79 Å². The Bertz CT molecular complexity index is 1010. The van der Waals surface area contributed by atoms with Gasteiger partial charge in [0, 0.05) is 27.2 Å². The quantitative estimate of drug-likeness (QED) is 0.453. The van der Waals surface area contributed by atoms with Crippen molar-refractivity contribution < 1.29 is 19.1 Å². The van der Waals surface area contributed by atoms with Crippen LogP contribution in [0.25, 0.3) is 6.08 Å². The molecule has 166 valence electrons. The van der Waals surface area contributed by atoms with E-state index >= 15 is 0 Å². The Balaban J connectivity index is 2.18. The van der Waals surface area contributed by atoms with Gasteiger partial charge in [-0.3, -0.25) is 10.1 Å². The molecule has 3 N–H and O–H groups in total. The Kier molecular flexibility index (Phi) is 8.50. The highest BCUT2D eigenvalue weighted by Crippen LogP contribution is 2.28. The lowest BCUT2D eigenvalue weighted by Gasteiger charge is -2.18. The summed E-state index contributed by atoms with van der Waals surface area (Å²) in [4.78, 5) is 35.1. The molecule has 31 heavy (non-hydrogen) atoms. The number of halogens is 3. The van der Waals surface area contributed by atoms with Crippen LogP contribution in [0.1, 0.15) is 30.7 Å². The first-order chi connectivity index (χ1) is 14.5. The van der Waals surface area contributed by atoms with Gasteiger partial charge >= 0.3 is 12.0 Å². The molecule has 0 bridgehead atoms. The third-order valence-electron chi connectivity index (χ3n) is 4.22. The zero-order valence-electron chi connectivity index (χ0n) is 17.0. The number of urea groups is 1. The molecule has 0 saturated carbocycles. The van der Waals surface area contributed by atoms with Crippen LogP contribution in [0.5, 0.6) is 0 Å². The maximum atomic E-state index is 12.2. The number of carbonyl (C=O) groups excluding carboxylic acids is 3. The number of hydrogen-bond acceptors (Lipinski definition) is 5. The van der Waals surface area contributed by atoms with E-state index in [1.807, 2.05) is 5.32 Å². The van der Waals surface area contributed by atoms with Crippen LogP contribution in [0.15, 0.2) is 24.3 Å². The summed E-state index contributed by atoms with van der Waals surface area (Å²) in [7, 11) is 0. The van der Waals surface area contributed by atoms with Gasteiger partial charge in [0.15, 0.2) is 6.10 Å². The van der Waals surface area contributed by atoms with Gasteiger partial charge in [-0.2, -0.15) is 5.10 Å². The number of amides is 3. The highest BCUT2D eigenvalue weighted by molar-refractivity contribution is 6.36. The molecule has 1 heterocycles. The number of aromatic nitrogens is 2. The minimum absolute atomic E-state index is 0.235. The summed E-state index contributed by atoms with van der Waals surface area (Å²) in [6.07, 6.45) is 1.36. The molecule has 3 amide bonds. The van der Waals surface area contributed by atoms with E-state index in [2.05, 4.69) is 5.10 Å². The van der Waals surface area contributed by atoms with Gasteiger partial charge in [-0.25, -0.2) is 14.3 Å². The summed E-state index contributed by atoms with van der Waals surface area (Å²) in [5.74, 6) is -1.98. The molecule has 2 rings (SSSR count). The van der Waals surface area contributed by atoms with E-state index in [-0.39, 0.29) is 17.6 Å². The molecule has 1 aromatic carbocycles. The summed E-state index contributed by atoms with van der Waals surface area (Å²) in [6, 6.07) is 4.13. The summed E-state index contributed by atoms with van der Waals surface area (Å²) in [5, 5.41) is 7.49. The first-order valence-corrected chi connectivity index (χ1v) is 10.3. The molecule has 8 nitrogen and oxygen atoms in total. The molecule has 0 saturated heterocycles. The van der Waals surface area contributed by atoms with Crippen LogP contribution < -0.4 is 11.1 Å². The lowest BCUT2D eigenvalue weighted by Crippen LogP contribution is -2.45. The van der Waals surface area contributed by atoms with Crippen molar-refractivity contribution in [1.82, 2.24) is 15.1 Å². The number of benzene rings is 1. The highest BCUT2D eigenvalue weighted by atomic mass is 35.5. The van der Waals surface area contributed by atoms with E-state index in [0.29, 0.717) is 26.9 Å². The number of hydrogen-bond donors (Lipinski definition) is 2. The molecule has 0 aliphatic rings. The Morgan fingerprint density at radius 1 is 1.23 bits per heavy atom. The molecule has 11 heteroatoms. The predicted molar refractivity (Wildman–Crippen MR) is 119 cm³/mol. The minimum atomic E-state index is -1.19. The standard InChI is InChI=1S/C20H21Cl3N4O4/c1-10(2)17(19(29)25-20(24)30)31-16(28)8-7-12-11(3)26-27(18(12)23)9-13-14(21)5-4-6-15(13)22/h4-8,10,17H,9H2,1-3H3,(H3,24,25,29,30)/b8-7+. The van der Waals surface area contributed by atoms with Crippen molar-refractivity contribution in [3.63, 3.8) is 0 Å². The van der Waals surface area contributed by atoms with E-state index in [0.717, 1.165) is 6.08 Å². The van der Waals surface area contributed by atoms with Crippen molar-refractivity contribution in [1.29, 1.82) is 0 Å². The number of primary amides is 1. The molecular weight excluding hydrogens is 467 g/mol. The third-order valence-corrected chi connectivity index (χ3v) is 5.33. The Labute approximate surface area is 194 Å². The number of ether oxygens (including phenoxy) is 1. The van der Waals surface area contributed by atoms with E-state index in [4.69, 9.17) is 45.3 Å². The zero-order chi connectivity index (χ0) is 23.3. The van der Waals surface area contributed by atoms with Crippen LogP contribution in [0, 0.1) is 12.8 Å². The maximum Gasteiger partial charge on any atom is 0.331 e. The second kappa shape index (κ2) is 10.7. The number of nitrogens with two attached hydrogens (primary N) is 1. The van der Waals surface area contributed by atoms with Gasteiger partial charge in [-0.05, 0) is 31.1 Å². The largest absolute Gasteiger partial charge is 0.449 e. The van der Waals surface area contributed by atoms with Crippen molar-refractivity contribution >= 4 is 58.8 Å². The molecule has 0 radical (unpaired) electrons. The van der Waals surface area contributed by atoms with Crippen molar-refractivity contribution in [2.75, 3.05) is 0 Å². The molecule has 0 aliphatic heterocycles. The number of esters is 1. The fourth-order valence-electron chi connectivity index (χ4n) is 2.70. The lowest BCUT2D eigenvalue weighted by molar-refractivity contribution is -0.153. The van der Waals surface area contributed by atoms with E-state index in [1.165, 1.54) is 10.8 Å². The topological polar surface area (TPSA) is 116 Å². The van der Waals surface area contributed by atoms with Crippen LogP contribution in [-0.2, 0) is 20.9 Å². The number of carbonyl (C=O) groups is 3. The van der Waals surface area contributed by atoms with Gasteiger partial charge < -0.3 is 10.5 Å². The van der Waals surface area contributed by atoms with Crippen LogP contribution in [0.2, 0.25) is 15.2 Å². The smallest absolute Gasteiger partial charge is 0.331 e. The van der Waals surface area contributed by atoms with Crippen LogP contribution >= 0.6 is 34.8 Å². The summed E-state index contributed by atoms with van der Waals surface area (Å²) >= 11 is 18.8. The van der Waals surface area contributed by atoms with Gasteiger partial charge in [0.2, 0.25) is 0 Å². The number of aryl methyl sites for hydroxylation is 1. The maximum absolute atomic E-state index is 12.2. The van der Waals surface area contributed by atoms with E-state index < -0.39 is 24.0 Å². The minimum Gasteiger partial charge on any atom is -0.449 e. The van der Waals surface area contributed by atoms with Crippen molar-refractivity contribution in [3.8, 4) is 0 Å². The molecule has 1 atom stereocenters.